The lowest BCUT2D eigenvalue weighted by Gasteiger charge is -2.22. The highest BCUT2D eigenvalue weighted by Crippen LogP contribution is 2.28. The van der Waals surface area contributed by atoms with E-state index in [1.807, 2.05) is 18.2 Å². The summed E-state index contributed by atoms with van der Waals surface area (Å²) in [5.41, 5.74) is 12.0. The first-order chi connectivity index (χ1) is 9.97. The molecular weight excluding hydrogens is 307 g/mol. The lowest BCUT2D eigenvalue weighted by Crippen LogP contribution is -2.27. The molecule has 1 atom stereocenters. The van der Waals surface area contributed by atoms with Crippen LogP contribution in [0.25, 0.3) is 0 Å². The highest BCUT2D eigenvalue weighted by atomic mass is 35.5. The van der Waals surface area contributed by atoms with Crippen LogP contribution in [0.4, 0.5) is 0 Å². The molecule has 1 rings (SSSR count). The summed E-state index contributed by atoms with van der Waals surface area (Å²) >= 11 is 12.1. The summed E-state index contributed by atoms with van der Waals surface area (Å²) < 4.78 is 0. The number of rotatable bonds is 8. The van der Waals surface area contributed by atoms with Crippen molar-refractivity contribution < 1.29 is 0 Å². The van der Waals surface area contributed by atoms with Gasteiger partial charge in [0.15, 0.2) is 5.96 Å². The molecule has 0 saturated heterocycles. The highest BCUT2D eigenvalue weighted by molar-refractivity contribution is 6.42. The molecule has 0 saturated carbocycles. The molecule has 0 aliphatic heterocycles. The van der Waals surface area contributed by atoms with Gasteiger partial charge >= 0.3 is 0 Å². The van der Waals surface area contributed by atoms with Crippen LogP contribution in [0.2, 0.25) is 10.0 Å². The summed E-state index contributed by atoms with van der Waals surface area (Å²) in [5.74, 6) is 0.338. The predicted molar refractivity (Wildman–Crippen MR) is 92.3 cm³/mol. The quantitative estimate of drug-likeness (QED) is 0.568. The highest BCUT2D eigenvalue weighted by Gasteiger charge is 2.14. The van der Waals surface area contributed by atoms with Gasteiger partial charge in [0.1, 0.15) is 0 Å². The third-order valence-corrected chi connectivity index (χ3v) is 4.34. The molecule has 4 N–H and O–H groups in total. The lowest BCUT2D eigenvalue weighted by molar-refractivity contribution is 0.291. The zero-order chi connectivity index (χ0) is 15.8. The third kappa shape index (κ3) is 6.12. The van der Waals surface area contributed by atoms with Crippen molar-refractivity contribution in [1.29, 1.82) is 0 Å². The Morgan fingerprint density at radius 3 is 2.38 bits per heavy atom. The van der Waals surface area contributed by atoms with Crippen molar-refractivity contribution in [2.45, 2.75) is 26.2 Å². The van der Waals surface area contributed by atoms with E-state index in [0.29, 0.717) is 16.6 Å². The summed E-state index contributed by atoms with van der Waals surface area (Å²) in [6.07, 6.45) is 0.969. The minimum atomic E-state index is 0.114. The van der Waals surface area contributed by atoms with Gasteiger partial charge in [0.25, 0.3) is 0 Å². The fourth-order valence-corrected chi connectivity index (χ4v) is 2.53. The van der Waals surface area contributed by atoms with E-state index in [1.165, 1.54) is 0 Å². The summed E-state index contributed by atoms with van der Waals surface area (Å²) in [7, 11) is 0. The predicted octanol–water partition coefficient (Wildman–Crippen LogP) is 3.08. The van der Waals surface area contributed by atoms with Gasteiger partial charge in [-0.2, -0.15) is 0 Å². The summed E-state index contributed by atoms with van der Waals surface area (Å²) in [4.78, 5) is 6.54. The van der Waals surface area contributed by atoms with E-state index in [2.05, 4.69) is 23.7 Å². The van der Waals surface area contributed by atoms with Crippen molar-refractivity contribution in [2.24, 2.45) is 16.5 Å². The van der Waals surface area contributed by atoms with E-state index in [0.717, 1.165) is 31.6 Å². The van der Waals surface area contributed by atoms with Gasteiger partial charge in [-0.1, -0.05) is 43.1 Å². The van der Waals surface area contributed by atoms with Crippen LogP contribution in [0, 0.1) is 0 Å². The number of halogens is 2. The topological polar surface area (TPSA) is 67.6 Å². The average Bonchev–Trinajstić information content (AvgIpc) is 2.46. The van der Waals surface area contributed by atoms with Gasteiger partial charge in [-0.3, -0.25) is 4.99 Å². The van der Waals surface area contributed by atoms with Crippen molar-refractivity contribution in [3.8, 4) is 0 Å². The third-order valence-electron chi connectivity index (χ3n) is 3.60. The molecular formula is C15H24Cl2N4. The first-order valence-corrected chi connectivity index (χ1v) is 7.96. The Kier molecular flexibility index (Phi) is 7.86. The number of nitrogens with zero attached hydrogens (tertiary/aromatic N) is 2. The number of nitrogens with two attached hydrogens (primary N) is 2. The van der Waals surface area contributed by atoms with Crippen molar-refractivity contribution in [3.05, 3.63) is 33.8 Å². The SMILES string of the molecule is CCN(CC)CCC(CN=C(N)N)c1ccc(Cl)c(Cl)c1. The first kappa shape index (κ1) is 18.1. The van der Waals surface area contributed by atoms with Crippen molar-refractivity contribution >= 4 is 29.2 Å². The van der Waals surface area contributed by atoms with Crippen LogP contribution >= 0.6 is 23.2 Å². The first-order valence-electron chi connectivity index (χ1n) is 7.20. The fraction of sp³-hybridized carbons (Fsp3) is 0.533. The van der Waals surface area contributed by atoms with Crippen LogP contribution in [0.1, 0.15) is 31.7 Å². The molecule has 0 spiro atoms. The molecule has 0 aliphatic carbocycles. The molecule has 118 valence electrons. The van der Waals surface area contributed by atoms with Crippen LogP contribution in [-0.2, 0) is 0 Å². The van der Waals surface area contributed by atoms with E-state index in [4.69, 9.17) is 34.7 Å². The molecule has 0 amide bonds. The minimum absolute atomic E-state index is 0.114. The van der Waals surface area contributed by atoms with E-state index in [9.17, 15) is 0 Å². The molecule has 0 fully saturated rings. The molecule has 0 heterocycles. The number of benzene rings is 1. The monoisotopic (exact) mass is 330 g/mol. The van der Waals surface area contributed by atoms with Gasteiger partial charge < -0.3 is 16.4 Å². The van der Waals surface area contributed by atoms with Crippen LogP contribution in [-0.4, -0.2) is 37.0 Å². The van der Waals surface area contributed by atoms with Gasteiger partial charge in [-0.25, -0.2) is 0 Å². The second-order valence-electron chi connectivity index (χ2n) is 4.95. The van der Waals surface area contributed by atoms with Crippen LogP contribution in [0.15, 0.2) is 23.2 Å². The molecule has 0 aromatic heterocycles. The zero-order valence-corrected chi connectivity index (χ0v) is 14.2. The molecule has 1 aromatic carbocycles. The van der Waals surface area contributed by atoms with E-state index in [-0.39, 0.29) is 11.9 Å². The number of guanidine groups is 1. The van der Waals surface area contributed by atoms with Crippen molar-refractivity contribution in [1.82, 2.24) is 4.90 Å². The maximum Gasteiger partial charge on any atom is 0.185 e. The Morgan fingerprint density at radius 1 is 1.19 bits per heavy atom. The fourth-order valence-electron chi connectivity index (χ4n) is 2.22. The van der Waals surface area contributed by atoms with E-state index >= 15 is 0 Å². The smallest absolute Gasteiger partial charge is 0.185 e. The van der Waals surface area contributed by atoms with E-state index < -0.39 is 0 Å². The molecule has 1 aromatic rings. The second-order valence-corrected chi connectivity index (χ2v) is 5.77. The van der Waals surface area contributed by atoms with Crippen LogP contribution in [0.5, 0.6) is 0 Å². The van der Waals surface area contributed by atoms with Crippen LogP contribution < -0.4 is 11.5 Å². The Morgan fingerprint density at radius 2 is 1.86 bits per heavy atom. The average molecular weight is 331 g/mol. The normalized spacial score (nSPS) is 12.4. The molecule has 21 heavy (non-hydrogen) atoms. The Labute approximate surface area is 137 Å². The molecule has 6 heteroatoms. The molecule has 0 bridgehead atoms. The molecule has 4 nitrogen and oxygen atoms in total. The Balaban J connectivity index is 2.85. The minimum Gasteiger partial charge on any atom is -0.370 e. The zero-order valence-electron chi connectivity index (χ0n) is 12.6. The lowest BCUT2D eigenvalue weighted by atomic mass is 9.95. The number of hydrogen-bond acceptors (Lipinski definition) is 2. The van der Waals surface area contributed by atoms with E-state index in [1.54, 1.807) is 0 Å². The Bertz CT molecular complexity index is 469. The largest absolute Gasteiger partial charge is 0.370 e. The van der Waals surface area contributed by atoms with Gasteiger partial charge in [-0.15, -0.1) is 0 Å². The molecule has 1 unspecified atom stereocenters. The number of hydrogen-bond donors (Lipinski definition) is 2. The number of aliphatic imine (C=N–C) groups is 1. The molecule has 0 radical (unpaired) electrons. The standard InChI is InChI=1S/C15H24Cl2N4/c1-3-21(4-2)8-7-12(10-20-15(18)19)11-5-6-13(16)14(17)9-11/h5-6,9,12H,3-4,7-8,10H2,1-2H3,(H4,18,19,20). The van der Waals surface area contributed by atoms with Gasteiger partial charge in [-0.05, 0) is 43.8 Å². The summed E-state index contributed by atoms with van der Waals surface area (Å²) in [6.45, 7) is 7.95. The van der Waals surface area contributed by atoms with Crippen LogP contribution in [0.3, 0.4) is 0 Å². The summed E-state index contributed by atoms with van der Waals surface area (Å²) in [5, 5.41) is 1.12. The maximum absolute atomic E-state index is 6.11. The second kappa shape index (κ2) is 9.13. The van der Waals surface area contributed by atoms with Gasteiger partial charge in [0.05, 0.1) is 10.0 Å². The Hall–Kier alpha value is -0.970. The van der Waals surface area contributed by atoms with Gasteiger partial charge in [0, 0.05) is 12.5 Å². The van der Waals surface area contributed by atoms with Gasteiger partial charge in [0.2, 0.25) is 0 Å². The van der Waals surface area contributed by atoms with Crippen molar-refractivity contribution in [2.75, 3.05) is 26.2 Å². The maximum atomic E-state index is 6.11. The van der Waals surface area contributed by atoms with Crippen molar-refractivity contribution in [3.63, 3.8) is 0 Å². The molecule has 0 aliphatic rings. The summed E-state index contributed by atoms with van der Waals surface area (Å²) in [6, 6.07) is 5.71.